The molecule has 21 heteroatoms. The summed E-state index contributed by atoms with van der Waals surface area (Å²) in [6, 6.07) is -2.12. The molecule has 1 aliphatic heterocycles. The predicted molar refractivity (Wildman–Crippen MR) is 183 cm³/mol. The Kier molecular flexibility index (Phi) is 15.9. The van der Waals surface area contributed by atoms with Gasteiger partial charge in [-0.25, -0.2) is 4.68 Å². The summed E-state index contributed by atoms with van der Waals surface area (Å²) in [4.78, 5) is 0. The summed E-state index contributed by atoms with van der Waals surface area (Å²) >= 11 is 0. The number of nitrogens with one attached hydrogen (secondary N) is 1. The molecule has 3 aliphatic carbocycles. The fourth-order valence-electron chi connectivity index (χ4n) is 7.87. The molecule has 2 unspecified atom stereocenters. The van der Waals surface area contributed by atoms with E-state index >= 15 is 0 Å². The monoisotopic (exact) mass is 794 g/mol. The van der Waals surface area contributed by atoms with Gasteiger partial charge >= 0.3 is 0 Å². The highest BCUT2D eigenvalue weighted by atomic mass is 16.7. The highest BCUT2D eigenvalue weighted by Crippen LogP contribution is 2.37. The Labute approximate surface area is 317 Å². The lowest BCUT2D eigenvalue weighted by molar-refractivity contribution is -0.316. The molecule has 19 atom stereocenters. The maximum Gasteiger partial charge on any atom is 0.186 e. The molecule has 2 saturated carbocycles. The second-order valence-corrected chi connectivity index (χ2v) is 14.8. The normalized spacial score (nSPS) is 44.0. The number of aromatic nitrogens is 3. The SMILES string of the molecule is CCOCCn1cc(CO[C@@H]2C[C@H](CO)[C@@H](O[C@H]3C[C@H](CO)[C@@H](O[C@H]4O[C@H](C)[C@@H](N[C@H]5C=C(CO)[C@@H](O)[C@H](O)C5O)[C@H](O)[C@H]4O)[C@H](O)[C@H]3O)C(O)[C@H]2O)nn1. The van der Waals surface area contributed by atoms with Crippen LogP contribution in [0.15, 0.2) is 17.8 Å². The molecule has 3 fully saturated rings. The lowest BCUT2D eigenvalue weighted by Crippen LogP contribution is -2.67. The van der Waals surface area contributed by atoms with E-state index in [4.69, 9.17) is 23.7 Å². The number of rotatable bonds is 16. The molecule has 4 aliphatic rings. The van der Waals surface area contributed by atoms with E-state index in [9.17, 15) is 61.3 Å². The van der Waals surface area contributed by atoms with Gasteiger partial charge in [-0.1, -0.05) is 11.3 Å². The van der Waals surface area contributed by atoms with Crippen molar-refractivity contribution in [1.29, 1.82) is 0 Å². The van der Waals surface area contributed by atoms with Crippen LogP contribution in [0.4, 0.5) is 0 Å². The molecule has 21 nitrogen and oxygen atoms in total. The van der Waals surface area contributed by atoms with Crippen LogP contribution in [-0.4, -0.2) is 213 Å². The van der Waals surface area contributed by atoms with Crippen molar-refractivity contribution < 1.29 is 85.0 Å². The van der Waals surface area contributed by atoms with Crippen molar-refractivity contribution in [1.82, 2.24) is 20.3 Å². The molecule has 5 rings (SSSR count). The molecular formula is C34H58N4O17. The van der Waals surface area contributed by atoms with E-state index in [0.717, 1.165) is 0 Å². The van der Waals surface area contributed by atoms with Crippen LogP contribution < -0.4 is 5.32 Å². The summed E-state index contributed by atoms with van der Waals surface area (Å²) in [5, 5.41) is 138. The molecular weight excluding hydrogens is 736 g/mol. The quantitative estimate of drug-likeness (QED) is 0.0547. The summed E-state index contributed by atoms with van der Waals surface area (Å²) in [7, 11) is 0. The number of aliphatic hydroxyl groups excluding tert-OH is 12. The van der Waals surface area contributed by atoms with E-state index in [1.54, 1.807) is 10.9 Å². The molecule has 1 aromatic heterocycles. The first-order valence-corrected chi connectivity index (χ1v) is 18.7. The second-order valence-electron chi connectivity index (χ2n) is 14.8. The Hall–Kier alpha value is -1.84. The summed E-state index contributed by atoms with van der Waals surface area (Å²) in [6.45, 7) is 3.21. The highest BCUT2D eigenvalue weighted by Gasteiger charge is 2.53. The van der Waals surface area contributed by atoms with E-state index in [2.05, 4.69) is 15.6 Å². The lowest BCUT2D eigenvalue weighted by Gasteiger charge is -2.49. The van der Waals surface area contributed by atoms with Gasteiger partial charge in [0.15, 0.2) is 6.29 Å². The number of ether oxygens (including phenoxy) is 5. The third-order valence-electron chi connectivity index (χ3n) is 11.2. The molecule has 0 spiro atoms. The number of hydrogen-bond donors (Lipinski definition) is 13. The smallest absolute Gasteiger partial charge is 0.186 e. The van der Waals surface area contributed by atoms with Crippen molar-refractivity contribution in [3.8, 4) is 0 Å². The molecule has 13 N–H and O–H groups in total. The van der Waals surface area contributed by atoms with Crippen LogP contribution in [-0.2, 0) is 36.8 Å². The Balaban J connectivity index is 1.18. The van der Waals surface area contributed by atoms with Crippen LogP contribution in [0.3, 0.4) is 0 Å². The summed E-state index contributed by atoms with van der Waals surface area (Å²) < 4.78 is 30.6. The van der Waals surface area contributed by atoms with Gasteiger partial charge in [-0.2, -0.15) is 0 Å². The minimum atomic E-state index is -1.75. The van der Waals surface area contributed by atoms with Gasteiger partial charge in [0, 0.05) is 31.7 Å². The Bertz CT molecular complexity index is 1360. The first kappa shape index (κ1) is 44.3. The molecule has 55 heavy (non-hydrogen) atoms. The molecule has 0 radical (unpaired) electrons. The minimum Gasteiger partial charge on any atom is -0.396 e. The van der Waals surface area contributed by atoms with Crippen molar-refractivity contribution in [2.24, 2.45) is 11.8 Å². The fourth-order valence-corrected chi connectivity index (χ4v) is 7.87. The third kappa shape index (κ3) is 9.90. The van der Waals surface area contributed by atoms with E-state index in [1.165, 1.54) is 13.0 Å². The molecule has 0 amide bonds. The fraction of sp³-hybridized carbons (Fsp3) is 0.882. The average Bonchev–Trinajstić information content (AvgIpc) is 3.63. The van der Waals surface area contributed by atoms with Crippen molar-refractivity contribution in [2.75, 3.05) is 33.0 Å². The summed E-state index contributed by atoms with van der Waals surface area (Å²) in [5.41, 5.74) is 0.520. The van der Waals surface area contributed by atoms with Crippen LogP contribution in [0.2, 0.25) is 0 Å². The Morgan fingerprint density at radius 3 is 2.07 bits per heavy atom. The van der Waals surface area contributed by atoms with Crippen LogP contribution >= 0.6 is 0 Å². The number of nitrogens with zero attached hydrogens (tertiary/aromatic N) is 3. The molecule has 1 saturated heterocycles. The van der Waals surface area contributed by atoms with E-state index in [-0.39, 0.29) is 25.0 Å². The molecule has 0 bridgehead atoms. The van der Waals surface area contributed by atoms with E-state index in [0.29, 0.717) is 25.5 Å². The Morgan fingerprint density at radius 2 is 1.44 bits per heavy atom. The standard InChI is InChI=1S/C34H58N4O17/c1-3-51-5-4-38-9-18(36-37-38)13-52-20-7-16(11-40)32(29(48)25(20)44)54-21-8-17(12-41)33(30(49)26(21)45)55-34-31(50)27(46)22(14(2)53-34)35-19-6-15(10-39)23(42)28(47)24(19)43/h6,9,14,16-17,19-35,39-50H,3-5,7-8,10-13H2,1-2H3/t14-,16-,17-,19+,20-,21+,22-,23-,24?,25+,26+,27+,28+,29?,30-,31-,32-,33-,34-/m1/s1. The van der Waals surface area contributed by atoms with Gasteiger partial charge in [-0.05, 0) is 32.3 Å². The Morgan fingerprint density at radius 1 is 0.800 bits per heavy atom. The zero-order valence-corrected chi connectivity index (χ0v) is 30.7. The molecule has 316 valence electrons. The van der Waals surface area contributed by atoms with Crippen molar-refractivity contribution in [3.05, 3.63) is 23.5 Å². The molecule has 1 aromatic rings. The van der Waals surface area contributed by atoms with Crippen LogP contribution in [0.25, 0.3) is 0 Å². The van der Waals surface area contributed by atoms with Gasteiger partial charge in [0.1, 0.15) is 60.6 Å². The maximum absolute atomic E-state index is 11.2. The van der Waals surface area contributed by atoms with Gasteiger partial charge in [-0.3, -0.25) is 0 Å². The third-order valence-corrected chi connectivity index (χ3v) is 11.2. The second kappa shape index (κ2) is 19.7. The number of hydrogen-bond acceptors (Lipinski definition) is 20. The zero-order chi connectivity index (χ0) is 40.1. The summed E-state index contributed by atoms with van der Waals surface area (Å²) in [5.74, 6) is -1.69. The highest BCUT2D eigenvalue weighted by molar-refractivity contribution is 5.22. The largest absolute Gasteiger partial charge is 0.396 e. The lowest BCUT2D eigenvalue weighted by atomic mass is 9.78. The zero-order valence-electron chi connectivity index (χ0n) is 30.7. The first-order chi connectivity index (χ1) is 26.2. The minimum absolute atomic E-state index is 0.0339. The van der Waals surface area contributed by atoms with Gasteiger partial charge in [0.25, 0.3) is 0 Å². The van der Waals surface area contributed by atoms with Crippen molar-refractivity contribution >= 4 is 0 Å². The van der Waals surface area contributed by atoms with Crippen molar-refractivity contribution in [3.63, 3.8) is 0 Å². The predicted octanol–water partition coefficient (Wildman–Crippen LogP) is -6.38. The van der Waals surface area contributed by atoms with Crippen molar-refractivity contribution in [2.45, 2.75) is 144 Å². The van der Waals surface area contributed by atoms with Crippen LogP contribution in [0, 0.1) is 11.8 Å². The van der Waals surface area contributed by atoms with E-state index < -0.39 is 135 Å². The number of aliphatic hydroxyl groups is 12. The van der Waals surface area contributed by atoms with E-state index in [1.807, 2.05) is 6.92 Å². The van der Waals surface area contributed by atoms with Gasteiger partial charge < -0.3 is 90.3 Å². The maximum atomic E-state index is 11.2. The van der Waals surface area contributed by atoms with Gasteiger partial charge in [0.2, 0.25) is 0 Å². The molecule has 0 aromatic carbocycles. The van der Waals surface area contributed by atoms with Gasteiger partial charge in [-0.15, -0.1) is 5.10 Å². The van der Waals surface area contributed by atoms with Crippen LogP contribution in [0.5, 0.6) is 0 Å². The topological polar surface area (TPSA) is 332 Å². The van der Waals surface area contributed by atoms with Crippen LogP contribution in [0.1, 0.15) is 32.4 Å². The van der Waals surface area contributed by atoms with Gasteiger partial charge in [0.05, 0.1) is 75.2 Å². The molecule has 2 heterocycles. The first-order valence-electron chi connectivity index (χ1n) is 18.7. The summed E-state index contributed by atoms with van der Waals surface area (Å²) in [6.07, 6.45) is -18.7. The average molecular weight is 795 g/mol.